The molecule has 0 aliphatic rings. The Labute approximate surface area is 138 Å². The molecule has 1 aromatic heterocycles. The Kier molecular flexibility index (Phi) is 4.43. The molecule has 1 N–H and O–H groups in total. The first-order valence-electron chi connectivity index (χ1n) is 7.08. The highest BCUT2D eigenvalue weighted by Crippen LogP contribution is 2.22. The van der Waals surface area contributed by atoms with Crippen molar-refractivity contribution in [1.29, 1.82) is 0 Å². The van der Waals surface area contributed by atoms with Gasteiger partial charge in [0.15, 0.2) is 0 Å². The van der Waals surface area contributed by atoms with Crippen LogP contribution in [0.25, 0.3) is 11.0 Å². The molecular formula is C16H15ClN4O2. The van der Waals surface area contributed by atoms with Crippen molar-refractivity contribution in [2.45, 2.75) is 0 Å². The Balaban J connectivity index is 1.60. The van der Waals surface area contributed by atoms with Crippen LogP contribution in [-0.4, -0.2) is 46.4 Å². The van der Waals surface area contributed by atoms with Crippen LogP contribution < -0.4 is 4.74 Å². The lowest BCUT2D eigenvalue weighted by Gasteiger charge is -2.17. The number of hydrogen-bond donors (Lipinski definition) is 1. The van der Waals surface area contributed by atoms with Gasteiger partial charge in [-0.05, 0) is 30.3 Å². The predicted octanol–water partition coefficient (Wildman–Crippen LogP) is 2.76. The van der Waals surface area contributed by atoms with Gasteiger partial charge in [0.1, 0.15) is 23.4 Å². The van der Waals surface area contributed by atoms with E-state index in [0.717, 1.165) is 5.52 Å². The molecule has 0 saturated heterocycles. The van der Waals surface area contributed by atoms with E-state index in [1.54, 1.807) is 42.3 Å². The molecular weight excluding hydrogens is 316 g/mol. The van der Waals surface area contributed by atoms with Gasteiger partial charge in [-0.2, -0.15) is 15.4 Å². The van der Waals surface area contributed by atoms with Crippen molar-refractivity contribution in [2.24, 2.45) is 0 Å². The SMILES string of the molecule is CN(CCOc1ccccc1Cl)C(=O)c1ccc2n[nH]nc2c1. The van der Waals surface area contributed by atoms with Gasteiger partial charge in [0.25, 0.3) is 5.91 Å². The number of nitrogens with zero attached hydrogens (tertiary/aromatic N) is 3. The minimum Gasteiger partial charge on any atom is -0.490 e. The number of ether oxygens (including phenoxy) is 1. The van der Waals surface area contributed by atoms with E-state index >= 15 is 0 Å². The number of benzene rings is 2. The number of halogens is 1. The number of likely N-dealkylation sites (N-methyl/N-ethyl adjacent to an activating group) is 1. The van der Waals surface area contributed by atoms with Gasteiger partial charge < -0.3 is 9.64 Å². The fraction of sp³-hybridized carbons (Fsp3) is 0.188. The summed E-state index contributed by atoms with van der Waals surface area (Å²) in [5.74, 6) is 0.511. The number of aromatic nitrogens is 3. The van der Waals surface area contributed by atoms with Crippen molar-refractivity contribution in [3.05, 3.63) is 53.1 Å². The van der Waals surface area contributed by atoms with E-state index in [2.05, 4.69) is 15.4 Å². The maximum Gasteiger partial charge on any atom is 0.253 e. The molecule has 0 saturated carbocycles. The smallest absolute Gasteiger partial charge is 0.253 e. The third kappa shape index (κ3) is 3.43. The number of hydrogen-bond acceptors (Lipinski definition) is 4. The van der Waals surface area contributed by atoms with Crippen LogP contribution in [0.15, 0.2) is 42.5 Å². The van der Waals surface area contributed by atoms with Crippen LogP contribution in [-0.2, 0) is 0 Å². The molecule has 118 valence electrons. The van der Waals surface area contributed by atoms with E-state index in [4.69, 9.17) is 16.3 Å². The Morgan fingerprint density at radius 1 is 1.22 bits per heavy atom. The number of carbonyl (C=O) groups is 1. The number of para-hydroxylation sites is 1. The van der Waals surface area contributed by atoms with E-state index in [1.165, 1.54) is 0 Å². The summed E-state index contributed by atoms with van der Waals surface area (Å²) in [4.78, 5) is 14.0. The van der Waals surface area contributed by atoms with Crippen molar-refractivity contribution in [2.75, 3.05) is 20.2 Å². The average Bonchev–Trinajstić information content (AvgIpc) is 3.03. The summed E-state index contributed by atoms with van der Waals surface area (Å²) in [6, 6.07) is 12.5. The molecule has 0 aliphatic heterocycles. The lowest BCUT2D eigenvalue weighted by atomic mass is 10.2. The molecule has 0 unspecified atom stereocenters. The fourth-order valence-electron chi connectivity index (χ4n) is 2.15. The lowest BCUT2D eigenvalue weighted by molar-refractivity contribution is 0.0774. The second-order valence-electron chi connectivity index (χ2n) is 5.03. The molecule has 0 aliphatic carbocycles. The highest BCUT2D eigenvalue weighted by Gasteiger charge is 2.13. The summed E-state index contributed by atoms with van der Waals surface area (Å²) in [7, 11) is 1.73. The molecule has 0 bridgehead atoms. The number of aromatic amines is 1. The van der Waals surface area contributed by atoms with Crippen molar-refractivity contribution < 1.29 is 9.53 Å². The first-order chi connectivity index (χ1) is 11.1. The molecule has 7 heteroatoms. The number of H-pyrrole nitrogens is 1. The molecule has 23 heavy (non-hydrogen) atoms. The maximum atomic E-state index is 12.4. The minimum absolute atomic E-state index is 0.0994. The van der Waals surface area contributed by atoms with Crippen LogP contribution >= 0.6 is 11.6 Å². The summed E-state index contributed by atoms with van der Waals surface area (Å²) in [6.07, 6.45) is 0. The van der Waals surface area contributed by atoms with Gasteiger partial charge in [-0.25, -0.2) is 0 Å². The summed E-state index contributed by atoms with van der Waals surface area (Å²) < 4.78 is 5.60. The predicted molar refractivity (Wildman–Crippen MR) is 87.8 cm³/mol. The van der Waals surface area contributed by atoms with Gasteiger partial charge in [-0.15, -0.1) is 0 Å². The number of amides is 1. The Morgan fingerprint density at radius 2 is 2.00 bits per heavy atom. The third-order valence-electron chi connectivity index (χ3n) is 3.43. The number of carbonyl (C=O) groups excluding carboxylic acids is 1. The molecule has 3 rings (SSSR count). The topological polar surface area (TPSA) is 71.1 Å². The Morgan fingerprint density at radius 3 is 2.83 bits per heavy atom. The summed E-state index contributed by atoms with van der Waals surface area (Å²) in [6.45, 7) is 0.805. The van der Waals surface area contributed by atoms with Gasteiger partial charge >= 0.3 is 0 Å². The molecule has 0 radical (unpaired) electrons. The van der Waals surface area contributed by atoms with E-state index in [1.807, 2.05) is 12.1 Å². The lowest BCUT2D eigenvalue weighted by Crippen LogP contribution is -2.30. The fourth-order valence-corrected chi connectivity index (χ4v) is 2.34. The average molecular weight is 331 g/mol. The van der Waals surface area contributed by atoms with Crippen LogP contribution in [0.4, 0.5) is 0 Å². The molecule has 3 aromatic rings. The largest absolute Gasteiger partial charge is 0.490 e. The van der Waals surface area contributed by atoms with Crippen molar-refractivity contribution in [1.82, 2.24) is 20.3 Å². The highest BCUT2D eigenvalue weighted by molar-refractivity contribution is 6.32. The Hall–Kier alpha value is -2.60. The minimum atomic E-state index is -0.0994. The summed E-state index contributed by atoms with van der Waals surface area (Å²) in [5.41, 5.74) is 1.95. The van der Waals surface area contributed by atoms with Gasteiger partial charge in [-0.3, -0.25) is 4.79 Å². The standard InChI is InChI=1S/C16H15ClN4O2/c1-21(8-9-23-15-5-3-2-4-12(15)17)16(22)11-6-7-13-14(10-11)19-20-18-13/h2-7,10H,8-9H2,1H3,(H,18,19,20). The molecule has 0 spiro atoms. The maximum absolute atomic E-state index is 12.4. The normalized spacial score (nSPS) is 10.7. The first kappa shape index (κ1) is 15.3. The van der Waals surface area contributed by atoms with Crippen LogP contribution in [0.5, 0.6) is 5.75 Å². The molecule has 0 fully saturated rings. The van der Waals surface area contributed by atoms with Gasteiger partial charge in [-0.1, -0.05) is 23.7 Å². The molecule has 1 heterocycles. The van der Waals surface area contributed by atoms with Crippen LogP contribution in [0.1, 0.15) is 10.4 Å². The molecule has 0 atom stereocenters. The van der Waals surface area contributed by atoms with Crippen molar-refractivity contribution in [3.8, 4) is 5.75 Å². The van der Waals surface area contributed by atoms with E-state index < -0.39 is 0 Å². The van der Waals surface area contributed by atoms with Crippen LogP contribution in [0, 0.1) is 0 Å². The molecule has 2 aromatic carbocycles. The van der Waals surface area contributed by atoms with Crippen molar-refractivity contribution in [3.63, 3.8) is 0 Å². The number of fused-ring (bicyclic) bond motifs is 1. The highest BCUT2D eigenvalue weighted by atomic mass is 35.5. The third-order valence-corrected chi connectivity index (χ3v) is 3.74. The quantitative estimate of drug-likeness (QED) is 0.781. The van der Waals surface area contributed by atoms with Gasteiger partial charge in [0.2, 0.25) is 0 Å². The second-order valence-corrected chi connectivity index (χ2v) is 5.44. The zero-order chi connectivity index (χ0) is 16.2. The second kappa shape index (κ2) is 6.66. The van der Waals surface area contributed by atoms with Crippen LogP contribution in [0.2, 0.25) is 5.02 Å². The summed E-state index contributed by atoms with van der Waals surface area (Å²) >= 11 is 6.02. The van der Waals surface area contributed by atoms with E-state index in [9.17, 15) is 4.79 Å². The Bertz CT molecular complexity index is 834. The van der Waals surface area contributed by atoms with Crippen LogP contribution in [0.3, 0.4) is 0 Å². The monoisotopic (exact) mass is 330 g/mol. The number of rotatable bonds is 5. The van der Waals surface area contributed by atoms with Gasteiger partial charge in [0, 0.05) is 12.6 Å². The zero-order valence-electron chi connectivity index (χ0n) is 12.5. The van der Waals surface area contributed by atoms with Crippen molar-refractivity contribution >= 4 is 28.5 Å². The zero-order valence-corrected chi connectivity index (χ0v) is 13.2. The summed E-state index contributed by atoms with van der Waals surface area (Å²) in [5, 5.41) is 11.0. The first-order valence-corrected chi connectivity index (χ1v) is 7.46. The molecule has 1 amide bonds. The number of nitrogens with one attached hydrogen (secondary N) is 1. The van der Waals surface area contributed by atoms with E-state index in [-0.39, 0.29) is 5.91 Å². The molecule has 6 nitrogen and oxygen atoms in total. The van der Waals surface area contributed by atoms with E-state index in [0.29, 0.717) is 35.0 Å². The van der Waals surface area contributed by atoms with Gasteiger partial charge in [0.05, 0.1) is 11.6 Å².